The van der Waals surface area contributed by atoms with Gasteiger partial charge in [0.15, 0.2) is 0 Å². The van der Waals surface area contributed by atoms with Crippen molar-refractivity contribution in [3.63, 3.8) is 0 Å². The number of likely N-dealkylation sites (tertiary alicyclic amines) is 1. The summed E-state index contributed by atoms with van der Waals surface area (Å²) in [6, 6.07) is 2.16. The first-order valence-electron chi connectivity index (χ1n) is 7.98. The number of thiophene rings is 1. The number of nitrogens with zero attached hydrogens (tertiary/aromatic N) is 4. The second-order valence-corrected chi connectivity index (χ2v) is 7.54. The van der Waals surface area contributed by atoms with Crippen molar-refractivity contribution < 1.29 is 4.79 Å². The number of carbonyl (C=O) groups excluding carboxylic acids is 1. The maximum absolute atomic E-state index is 13.0. The van der Waals surface area contributed by atoms with E-state index in [4.69, 9.17) is 0 Å². The third-order valence-electron chi connectivity index (χ3n) is 4.69. The molecule has 5 nitrogen and oxygen atoms in total. The van der Waals surface area contributed by atoms with Gasteiger partial charge >= 0.3 is 0 Å². The average Bonchev–Trinajstić information content (AvgIpc) is 3.19. The van der Waals surface area contributed by atoms with E-state index in [-0.39, 0.29) is 5.91 Å². The minimum absolute atomic E-state index is 0.156. The molecule has 124 valence electrons. The molecule has 0 N–H and O–H groups in total. The summed E-state index contributed by atoms with van der Waals surface area (Å²) in [5, 5.41) is 2.14. The maximum atomic E-state index is 13.0. The molecule has 1 atom stereocenters. The lowest BCUT2D eigenvalue weighted by atomic mass is 9.87. The normalized spacial score (nSPS) is 22.2. The summed E-state index contributed by atoms with van der Waals surface area (Å²) in [4.78, 5) is 22.7. The first-order chi connectivity index (χ1) is 11.0. The van der Waals surface area contributed by atoms with Crippen molar-refractivity contribution in [2.24, 2.45) is 0 Å². The van der Waals surface area contributed by atoms with Gasteiger partial charge < -0.3 is 9.47 Å². The van der Waals surface area contributed by atoms with Crippen LogP contribution < -0.4 is 0 Å². The van der Waals surface area contributed by atoms with Crippen molar-refractivity contribution >= 4 is 17.2 Å². The number of rotatable bonds is 4. The summed E-state index contributed by atoms with van der Waals surface area (Å²) < 4.78 is 2.00. The number of amides is 1. The van der Waals surface area contributed by atoms with E-state index in [0.29, 0.717) is 0 Å². The van der Waals surface area contributed by atoms with Crippen molar-refractivity contribution in [2.75, 3.05) is 27.2 Å². The first-order valence-corrected chi connectivity index (χ1v) is 8.86. The summed E-state index contributed by atoms with van der Waals surface area (Å²) in [5.41, 5.74) is 0.802. The predicted octanol–water partition coefficient (Wildman–Crippen LogP) is 2.33. The van der Waals surface area contributed by atoms with Crippen molar-refractivity contribution in [1.82, 2.24) is 19.4 Å². The molecule has 0 spiro atoms. The van der Waals surface area contributed by atoms with Crippen LogP contribution >= 0.6 is 11.3 Å². The Morgan fingerprint density at radius 3 is 2.91 bits per heavy atom. The highest BCUT2D eigenvalue weighted by Gasteiger charge is 2.44. The summed E-state index contributed by atoms with van der Waals surface area (Å²) in [6.45, 7) is 4.84. The van der Waals surface area contributed by atoms with Crippen LogP contribution in [-0.4, -0.2) is 52.4 Å². The van der Waals surface area contributed by atoms with Gasteiger partial charge in [0.05, 0.1) is 6.33 Å². The molecule has 0 aromatic carbocycles. The lowest BCUT2D eigenvalue weighted by Crippen LogP contribution is -2.57. The van der Waals surface area contributed by atoms with E-state index in [1.165, 1.54) is 10.4 Å². The van der Waals surface area contributed by atoms with E-state index in [2.05, 4.69) is 28.3 Å². The number of imidazole rings is 1. The molecule has 0 aliphatic carbocycles. The van der Waals surface area contributed by atoms with E-state index in [1.54, 1.807) is 28.8 Å². The van der Waals surface area contributed by atoms with Gasteiger partial charge in [-0.25, -0.2) is 4.98 Å². The molecule has 1 saturated heterocycles. The van der Waals surface area contributed by atoms with E-state index < -0.39 is 5.54 Å². The van der Waals surface area contributed by atoms with Gasteiger partial charge in [-0.15, -0.1) is 11.3 Å². The van der Waals surface area contributed by atoms with Crippen LogP contribution in [0.25, 0.3) is 0 Å². The number of carbonyl (C=O) groups is 1. The average molecular weight is 332 g/mol. The highest BCUT2D eigenvalue weighted by Crippen LogP contribution is 2.32. The Bertz CT molecular complexity index is 664. The van der Waals surface area contributed by atoms with Gasteiger partial charge in [-0.1, -0.05) is 0 Å². The summed E-state index contributed by atoms with van der Waals surface area (Å²) >= 11 is 1.80. The zero-order valence-corrected chi connectivity index (χ0v) is 14.8. The van der Waals surface area contributed by atoms with Crippen molar-refractivity contribution in [2.45, 2.75) is 31.8 Å². The van der Waals surface area contributed by atoms with Gasteiger partial charge in [-0.2, -0.15) is 0 Å². The zero-order chi connectivity index (χ0) is 16.4. The molecule has 6 heteroatoms. The number of hydrogen-bond donors (Lipinski definition) is 0. The number of likely N-dealkylation sites (N-methyl/N-ethyl adjacent to an activating group) is 1. The first kappa shape index (κ1) is 16.2. The lowest BCUT2D eigenvalue weighted by Gasteiger charge is -2.43. The molecule has 3 rings (SSSR count). The quantitative estimate of drug-likeness (QED) is 0.863. The Morgan fingerprint density at radius 2 is 2.30 bits per heavy atom. The Hall–Kier alpha value is -1.66. The molecule has 1 aliphatic rings. The predicted molar refractivity (Wildman–Crippen MR) is 92.5 cm³/mol. The smallest absolute Gasteiger partial charge is 0.249 e. The second-order valence-electron chi connectivity index (χ2n) is 6.54. The van der Waals surface area contributed by atoms with Crippen LogP contribution in [0.4, 0.5) is 0 Å². The molecular weight excluding hydrogens is 308 g/mol. The Labute approximate surface area is 141 Å². The van der Waals surface area contributed by atoms with Crippen LogP contribution in [0.1, 0.15) is 23.3 Å². The van der Waals surface area contributed by atoms with Gasteiger partial charge in [0.2, 0.25) is 5.91 Å². The van der Waals surface area contributed by atoms with E-state index in [0.717, 1.165) is 32.5 Å². The molecule has 1 unspecified atom stereocenters. The van der Waals surface area contributed by atoms with Crippen molar-refractivity contribution in [1.29, 1.82) is 0 Å². The van der Waals surface area contributed by atoms with Gasteiger partial charge in [0.25, 0.3) is 0 Å². The topological polar surface area (TPSA) is 41.4 Å². The number of aromatic nitrogens is 2. The molecule has 0 radical (unpaired) electrons. The highest BCUT2D eigenvalue weighted by molar-refractivity contribution is 7.10. The summed E-state index contributed by atoms with van der Waals surface area (Å²) in [6.07, 6.45) is 7.33. The molecule has 1 amide bonds. The number of aryl methyl sites for hydroxylation is 1. The molecule has 0 bridgehead atoms. The zero-order valence-electron chi connectivity index (χ0n) is 14.0. The highest BCUT2D eigenvalue weighted by atomic mass is 32.1. The molecule has 1 fully saturated rings. The van der Waals surface area contributed by atoms with Crippen LogP contribution in [0.3, 0.4) is 0 Å². The maximum Gasteiger partial charge on any atom is 0.249 e. The number of hydrogen-bond acceptors (Lipinski definition) is 4. The van der Waals surface area contributed by atoms with Gasteiger partial charge in [-0.05, 0) is 43.3 Å². The van der Waals surface area contributed by atoms with Crippen LogP contribution in [0, 0.1) is 6.92 Å². The van der Waals surface area contributed by atoms with Crippen LogP contribution in [-0.2, 0) is 16.9 Å². The third-order valence-corrected chi connectivity index (χ3v) is 5.70. The van der Waals surface area contributed by atoms with E-state index in [1.807, 2.05) is 24.9 Å². The molecule has 3 heterocycles. The fourth-order valence-electron chi connectivity index (χ4n) is 3.45. The van der Waals surface area contributed by atoms with Gasteiger partial charge in [0, 0.05) is 44.5 Å². The van der Waals surface area contributed by atoms with Crippen molar-refractivity contribution in [3.05, 3.63) is 40.6 Å². The molecule has 1 aliphatic heterocycles. The molecular formula is C17H24N4OS. The molecule has 0 saturated carbocycles. The second kappa shape index (κ2) is 6.45. The Kier molecular flexibility index (Phi) is 4.55. The fraction of sp³-hybridized carbons (Fsp3) is 0.529. The molecule has 23 heavy (non-hydrogen) atoms. The van der Waals surface area contributed by atoms with E-state index >= 15 is 0 Å². The molecule has 2 aromatic heterocycles. The Morgan fingerprint density at radius 1 is 1.48 bits per heavy atom. The minimum atomic E-state index is -0.538. The lowest BCUT2D eigenvalue weighted by molar-refractivity contribution is -0.141. The fourth-order valence-corrected chi connectivity index (χ4v) is 4.40. The van der Waals surface area contributed by atoms with Gasteiger partial charge in [-0.3, -0.25) is 9.69 Å². The minimum Gasteiger partial charge on any atom is -0.347 e. The number of piperidine rings is 1. The van der Waals surface area contributed by atoms with Crippen LogP contribution in [0.15, 0.2) is 30.2 Å². The van der Waals surface area contributed by atoms with Crippen LogP contribution in [0.2, 0.25) is 0 Å². The third kappa shape index (κ3) is 3.05. The Balaban J connectivity index is 1.88. The SMILES string of the molecule is Cc1ccsc1CN1CCCC(C(=O)N(C)C)(n2ccnc2)C1. The summed E-state index contributed by atoms with van der Waals surface area (Å²) in [7, 11) is 3.67. The van der Waals surface area contributed by atoms with E-state index in [9.17, 15) is 4.79 Å². The van der Waals surface area contributed by atoms with Crippen LogP contribution in [0.5, 0.6) is 0 Å². The van der Waals surface area contributed by atoms with Gasteiger partial charge in [0.1, 0.15) is 5.54 Å². The standard InChI is InChI=1S/C17H24N4OS/c1-14-5-10-23-15(14)11-20-8-4-6-17(12-20,16(22)19(2)3)21-9-7-18-13-21/h5,7,9-10,13H,4,6,8,11-12H2,1-3H3. The monoisotopic (exact) mass is 332 g/mol. The van der Waals surface area contributed by atoms with Crippen molar-refractivity contribution in [3.8, 4) is 0 Å². The largest absolute Gasteiger partial charge is 0.347 e. The summed E-state index contributed by atoms with van der Waals surface area (Å²) in [5.74, 6) is 0.156. The molecule has 2 aromatic rings.